The molecular weight excluding hydrogens is 302 g/mol. The third-order valence-electron chi connectivity index (χ3n) is 1.38. The van der Waals surface area contributed by atoms with Gasteiger partial charge in [0.15, 0.2) is 0 Å². The Hall–Kier alpha value is -2.20. The zero-order chi connectivity index (χ0) is 15.4. The maximum Gasteiger partial charge on any atom is 0.523 e. The van der Waals surface area contributed by atoms with Gasteiger partial charge in [-0.15, -0.1) is 0 Å². The summed E-state index contributed by atoms with van der Waals surface area (Å²) in [6, 6.07) is 0. The van der Waals surface area contributed by atoms with Gasteiger partial charge in [-0.3, -0.25) is 10.1 Å². The Labute approximate surface area is 96.5 Å². The van der Waals surface area contributed by atoms with Crippen molar-refractivity contribution in [2.45, 2.75) is 5.66 Å². The van der Waals surface area contributed by atoms with Gasteiger partial charge in [-0.25, -0.2) is 9.59 Å². The van der Waals surface area contributed by atoms with E-state index in [-0.39, 0.29) is 0 Å². The van der Waals surface area contributed by atoms with E-state index in [1.165, 1.54) is 0 Å². The third kappa shape index (κ3) is 3.39. The highest BCUT2D eigenvalue weighted by Crippen LogP contribution is 2.23. The second kappa shape index (κ2) is 6.11. The highest BCUT2D eigenvalue weighted by molar-refractivity contribution is 6.02. The molecule has 0 atom stereocenters. The fraction of sp³-hybridized carbons (Fsp3) is 0.333. The van der Waals surface area contributed by atoms with Crippen molar-refractivity contribution in [1.29, 1.82) is 0 Å². The van der Waals surface area contributed by atoms with Gasteiger partial charge < -0.3 is 9.68 Å². The first-order chi connectivity index (χ1) is 8.56. The van der Waals surface area contributed by atoms with Crippen molar-refractivity contribution in [2.24, 2.45) is 0 Å². The van der Waals surface area contributed by atoms with Crippen molar-refractivity contribution in [3.05, 3.63) is 10.1 Å². The van der Waals surface area contributed by atoms with Crippen LogP contribution >= 0.6 is 0 Å². The highest BCUT2D eigenvalue weighted by Gasteiger charge is 2.72. The summed E-state index contributed by atoms with van der Waals surface area (Å²) in [6.45, 7) is 0. The molecule has 19 heavy (non-hydrogen) atoms. The van der Waals surface area contributed by atoms with Gasteiger partial charge in [-0.2, -0.15) is 0 Å². The molecular formula is C3F6N4O6. The zero-order valence-electron chi connectivity index (χ0n) is 8.01. The van der Waals surface area contributed by atoms with E-state index in [0.717, 1.165) is 0 Å². The number of carbonyl (C=O) groups excluding carboxylic acids is 2. The van der Waals surface area contributed by atoms with Crippen molar-refractivity contribution in [2.75, 3.05) is 0 Å². The Kier molecular flexibility index (Phi) is 5.40. The molecule has 0 saturated carbocycles. The third-order valence-corrected chi connectivity index (χ3v) is 1.38. The van der Waals surface area contributed by atoms with E-state index in [0.29, 0.717) is 0 Å². The summed E-state index contributed by atoms with van der Waals surface area (Å²) >= 11 is 0. The van der Waals surface area contributed by atoms with Crippen molar-refractivity contribution in [3.8, 4) is 0 Å². The van der Waals surface area contributed by atoms with Crippen molar-refractivity contribution in [3.63, 3.8) is 0 Å². The van der Waals surface area contributed by atoms with Gasteiger partial charge in [0.1, 0.15) is 5.34 Å². The topological polar surface area (TPSA) is 105 Å². The van der Waals surface area contributed by atoms with Crippen LogP contribution in [0.5, 0.6) is 0 Å². The van der Waals surface area contributed by atoms with Gasteiger partial charge in [0.25, 0.3) is 0 Å². The number of rotatable bonds is 6. The van der Waals surface area contributed by atoms with E-state index in [1.807, 2.05) is 0 Å². The van der Waals surface area contributed by atoms with Crippen molar-refractivity contribution >= 4 is 11.9 Å². The average molecular weight is 302 g/mol. The second-order valence-corrected chi connectivity index (χ2v) is 2.32. The van der Waals surface area contributed by atoms with Crippen LogP contribution < -0.4 is 0 Å². The number of halogens is 6. The van der Waals surface area contributed by atoms with Crippen LogP contribution in [0.15, 0.2) is 0 Å². The molecule has 10 nitrogen and oxygen atoms in total. The standard InChI is InChI=1S/C3F6N4O6/c4-10(5)3(11(16)17,1(14)18-12(6)7)2(15)19-13(8)9. The highest BCUT2D eigenvalue weighted by atomic mass is 19.4. The minimum atomic E-state index is -5.06. The number of hydrogen-bond acceptors (Lipinski definition) is 9. The molecule has 0 aliphatic rings. The lowest BCUT2D eigenvalue weighted by Crippen LogP contribution is -2.62. The largest absolute Gasteiger partial charge is 0.523 e. The number of hydrogen-bond donors (Lipinski definition) is 0. The van der Waals surface area contributed by atoms with E-state index in [2.05, 4.69) is 9.68 Å². The van der Waals surface area contributed by atoms with Gasteiger partial charge in [0.05, 0.1) is 4.92 Å². The monoisotopic (exact) mass is 302 g/mol. The van der Waals surface area contributed by atoms with Crippen molar-refractivity contribution < 1.29 is 51.1 Å². The van der Waals surface area contributed by atoms with Crippen LogP contribution in [0.4, 0.5) is 26.9 Å². The molecule has 0 saturated heterocycles. The first-order valence-corrected chi connectivity index (χ1v) is 3.51. The van der Waals surface area contributed by atoms with E-state index in [1.54, 1.807) is 0 Å². The average Bonchev–Trinajstić information content (AvgIpc) is 2.13. The molecule has 0 unspecified atom stereocenters. The van der Waals surface area contributed by atoms with Crippen LogP contribution in [0.25, 0.3) is 0 Å². The Balaban J connectivity index is 5.63. The van der Waals surface area contributed by atoms with E-state index in [9.17, 15) is 46.6 Å². The molecule has 0 N–H and O–H groups in total. The lowest BCUT2D eigenvalue weighted by Gasteiger charge is -2.19. The summed E-state index contributed by atoms with van der Waals surface area (Å²) in [5.41, 5.74) is -10.2. The maximum atomic E-state index is 12.3. The Morgan fingerprint density at radius 1 is 0.947 bits per heavy atom. The first kappa shape index (κ1) is 16.8. The van der Waals surface area contributed by atoms with Crippen LogP contribution in [-0.4, -0.2) is 38.9 Å². The fourth-order valence-corrected chi connectivity index (χ4v) is 0.685. The Morgan fingerprint density at radius 2 is 1.26 bits per heavy atom. The summed E-state index contributed by atoms with van der Waals surface area (Å²) in [7, 11) is 0. The predicted octanol–water partition coefficient (Wildman–Crippen LogP) is 0.0888. The quantitative estimate of drug-likeness (QED) is 0.168. The molecule has 0 aromatic carbocycles. The first-order valence-electron chi connectivity index (χ1n) is 3.51. The molecule has 0 spiro atoms. The normalized spacial score (nSPS) is 11.8. The summed E-state index contributed by atoms with van der Waals surface area (Å²) in [4.78, 5) is 34.4. The van der Waals surface area contributed by atoms with Gasteiger partial charge in [-0.05, 0) is 0 Å². The number of nitro groups is 1. The SMILES string of the molecule is O=C(ON(F)F)C(C(=O)ON(F)F)(N(F)F)[N+](=O)[O-]. The summed E-state index contributed by atoms with van der Waals surface area (Å²) in [5.74, 6) is -6.39. The number of carbonyl (C=O) groups is 2. The summed E-state index contributed by atoms with van der Waals surface area (Å²) in [5, 5.41) is 7.42. The van der Waals surface area contributed by atoms with Gasteiger partial charge >= 0.3 is 17.6 Å². The van der Waals surface area contributed by atoms with E-state index < -0.39 is 38.9 Å². The van der Waals surface area contributed by atoms with Crippen LogP contribution in [0.3, 0.4) is 0 Å². The van der Waals surface area contributed by atoms with Crippen LogP contribution in [0.1, 0.15) is 0 Å². The molecule has 0 aliphatic heterocycles. The molecule has 0 aromatic heterocycles. The lowest BCUT2D eigenvalue weighted by molar-refractivity contribution is -0.610. The van der Waals surface area contributed by atoms with Gasteiger partial charge in [-0.1, -0.05) is 26.9 Å². The predicted molar refractivity (Wildman–Crippen MR) is 34.1 cm³/mol. The maximum absolute atomic E-state index is 12.3. The number of nitrogens with zero attached hydrogens (tertiary/aromatic N) is 4. The molecule has 0 heterocycles. The Morgan fingerprint density at radius 3 is 1.42 bits per heavy atom. The molecule has 0 aromatic rings. The molecule has 0 aliphatic carbocycles. The zero-order valence-corrected chi connectivity index (χ0v) is 8.01. The summed E-state index contributed by atoms with van der Waals surface area (Å²) in [6.07, 6.45) is 0. The Bertz CT molecular complexity index is 354. The fourth-order valence-electron chi connectivity index (χ4n) is 0.685. The smallest absolute Gasteiger partial charge is 0.301 e. The van der Waals surface area contributed by atoms with Crippen LogP contribution in [0.2, 0.25) is 0 Å². The van der Waals surface area contributed by atoms with E-state index in [4.69, 9.17) is 0 Å². The summed E-state index contributed by atoms with van der Waals surface area (Å²) < 4.78 is 70.4. The van der Waals surface area contributed by atoms with Crippen molar-refractivity contribution in [1.82, 2.24) is 16.4 Å². The molecule has 0 radical (unpaired) electrons. The van der Waals surface area contributed by atoms with Crippen LogP contribution in [0, 0.1) is 10.1 Å². The second-order valence-electron chi connectivity index (χ2n) is 2.32. The molecule has 0 fully saturated rings. The molecule has 110 valence electrons. The molecule has 16 heteroatoms. The minimum absolute atomic E-state index is 2.47. The molecule has 0 rings (SSSR count). The molecule has 0 bridgehead atoms. The van der Waals surface area contributed by atoms with Gasteiger partial charge in [0.2, 0.25) is 11.0 Å². The van der Waals surface area contributed by atoms with Crippen LogP contribution in [-0.2, 0) is 19.3 Å². The van der Waals surface area contributed by atoms with Gasteiger partial charge in [0, 0.05) is 0 Å². The molecule has 0 amide bonds. The minimum Gasteiger partial charge on any atom is -0.301 e. The van der Waals surface area contributed by atoms with E-state index >= 15 is 0 Å². The lowest BCUT2D eigenvalue weighted by atomic mass is 10.2.